The van der Waals surface area contributed by atoms with Crippen LogP contribution in [-0.2, 0) is 4.79 Å². The van der Waals surface area contributed by atoms with Crippen LogP contribution in [0.5, 0.6) is 0 Å². The molecule has 2 heteroatoms. The van der Waals surface area contributed by atoms with Gasteiger partial charge in [0.1, 0.15) is 5.78 Å². The van der Waals surface area contributed by atoms with E-state index in [-0.39, 0.29) is 12.0 Å². The zero-order valence-electron chi connectivity index (χ0n) is 15.4. The lowest BCUT2D eigenvalue weighted by atomic mass is 9.89. The molecule has 0 rings (SSSR count). The van der Waals surface area contributed by atoms with Gasteiger partial charge < -0.3 is 5.11 Å². The summed E-state index contributed by atoms with van der Waals surface area (Å²) in [6, 6.07) is 0. The fraction of sp³-hybridized carbons (Fsp3) is 0.950. The van der Waals surface area contributed by atoms with Gasteiger partial charge in [0.25, 0.3) is 0 Å². The van der Waals surface area contributed by atoms with Crippen molar-refractivity contribution in [2.24, 2.45) is 5.92 Å². The molecular weight excluding hydrogens is 272 g/mol. The van der Waals surface area contributed by atoms with Crippen LogP contribution in [0.1, 0.15) is 111 Å². The average Bonchev–Trinajstić information content (AvgIpc) is 2.49. The molecule has 0 aromatic heterocycles. The first-order valence-electron chi connectivity index (χ1n) is 9.81. The molecule has 0 saturated heterocycles. The number of hydrogen-bond acceptors (Lipinski definition) is 2. The predicted molar refractivity (Wildman–Crippen MR) is 96.2 cm³/mol. The van der Waals surface area contributed by atoms with E-state index in [4.69, 9.17) is 0 Å². The third kappa shape index (κ3) is 13.3. The van der Waals surface area contributed by atoms with Crippen molar-refractivity contribution in [3.8, 4) is 0 Å². The molecule has 0 heterocycles. The number of hydrogen-bond donors (Lipinski definition) is 1. The summed E-state index contributed by atoms with van der Waals surface area (Å²) in [4.78, 5) is 12.1. The summed E-state index contributed by atoms with van der Waals surface area (Å²) in [6.45, 7) is 6.29. The Hall–Kier alpha value is -0.370. The van der Waals surface area contributed by atoms with Crippen molar-refractivity contribution in [2.45, 2.75) is 117 Å². The number of carbonyl (C=O) groups excluding carboxylic acids is 1. The fourth-order valence-electron chi connectivity index (χ4n) is 3.02. The third-order valence-corrected chi connectivity index (χ3v) is 4.66. The number of aliphatic hydroxyl groups is 1. The number of carbonyl (C=O) groups is 1. The molecule has 0 radical (unpaired) electrons. The van der Waals surface area contributed by atoms with Gasteiger partial charge in [0, 0.05) is 12.8 Å². The Bertz CT molecular complexity index is 248. The molecule has 0 aromatic rings. The number of ketones is 1. The largest absolute Gasteiger partial charge is 0.393 e. The minimum atomic E-state index is -0.348. The SMILES string of the molecule is CCCCCCCCC(=O)CC(CCCCCCC)C(C)O. The van der Waals surface area contributed by atoms with E-state index in [0.29, 0.717) is 18.6 Å². The molecule has 22 heavy (non-hydrogen) atoms. The fourth-order valence-corrected chi connectivity index (χ4v) is 3.02. The van der Waals surface area contributed by atoms with Crippen LogP contribution in [0.15, 0.2) is 0 Å². The van der Waals surface area contributed by atoms with Crippen LogP contribution < -0.4 is 0 Å². The molecule has 0 amide bonds. The molecule has 0 fully saturated rings. The summed E-state index contributed by atoms with van der Waals surface area (Å²) in [7, 11) is 0. The lowest BCUT2D eigenvalue weighted by Gasteiger charge is -2.19. The van der Waals surface area contributed by atoms with E-state index < -0.39 is 0 Å². The quantitative estimate of drug-likeness (QED) is 0.352. The van der Waals surface area contributed by atoms with Crippen molar-refractivity contribution < 1.29 is 9.90 Å². The van der Waals surface area contributed by atoms with Crippen molar-refractivity contribution >= 4 is 5.78 Å². The molecule has 0 saturated carbocycles. The van der Waals surface area contributed by atoms with E-state index in [0.717, 1.165) is 19.3 Å². The van der Waals surface area contributed by atoms with Crippen LogP contribution in [0.4, 0.5) is 0 Å². The summed E-state index contributed by atoms with van der Waals surface area (Å²) in [5.74, 6) is 0.532. The smallest absolute Gasteiger partial charge is 0.133 e. The Labute approximate surface area is 139 Å². The number of aliphatic hydroxyl groups excluding tert-OH is 1. The lowest BCUT2D eigenvalue weighted by Crippen LogP contribution is -2.20. The highest BCUT2D eigenvalue weighted by Crippen LogP contribution is 2.20. The van der Waals surface area contributed by atoms with Gasteiger partial charge in [-0.1, -0.05) is 78.1 Å². The molecule has 2 unspecified atom stereocenters. The Balaban J connectivity index is 3.74. The molecule has 0 spiro atoms. The predicted octanol–water partition coefficient (Wildman–Crippen LogP) is 6.05. The normalized spacial score (nSPS) is 14.0. The minimum Gasteiger partial charge on any atom is -0.393 e. The molecular formula is C20H40O2. The van der Waals surface area contributed by atoms with Gasteiger partial charge in [-0.15, -0.1) is 0 Å². The molecule has 0 aromatic carbocycles. The van der Waals surface area contributed by atoms with Gasteiger partial charge in [-0.25, -0.2) is 0 Å². The van der Waals surface area contributed by atoms with Crippen LogP contribution in [0.2, 0.25) is 0 Å². The maximum absolute atomic E-state index is 12.1. The molecule has 0 bridgehead atoms. The van der Waals surface area contributed by atoms with Gasteiger partial charge in [0.15, 0.2) is 0 Å². The molecule has 132 valence electrons. The zero-order valence-corrected chi connectivity index (χ0v) is 15.4. The van der Waals surface area contributed by atoms with Crippen LogP contribution >= 0.6 is 0 Å². The van der Waals surface area contributed by atoms with Crippen LogP contribution in [0, 0.1) is 5.92 Å². The van der Waals surface area contributed by atoms with Crippen LogP contribution in [-0.4, -0.2) is 17.0 Å². The first-order chi connectivity index (χ1) is 10.6. The molecule has 2 nitrogen and oxygen atoms in total. The van der Waals surface area contributed by atoms with E-state index in [2.05, 4.69) is 13.8 Å². The monoisotopic (exact) mass is 312 g/mol. The molecule has 1 N–H and O–H groups in total. The molecule has 2 atom stereocenters. The number of unbranched alkanes of at least 4 members (excludes halogenated alkanes) is 9. The zero-order chi connectivity index (χ0) is 16.6. The number of rotatable bonds is 16. The van der Waals surface area contributed by atoms with Crippen molar-refractivity contribution in [1.82, 2.24) is 0 Å². The Morgan fingerprint density at radius 3 is 1.86 bits per heavy atom. The second kappa shape index (κ2) is 15.5. The molecule has 0 aliphatic rings. The highest BCUT2D eigenvalue weighted by molar-refractivity contribution is 5.78. The Morgan fingerprint density at radius 1 is 0.818 bits per heavy atom. The van der Waals surface area contributed by atoms with Crippen molar-refractivity contribution in [1.29, 1.82) is 0 Å². The third-order valence-electron chi connectivity index (χ3n) is 4.66. The first kappa shape index (κ1) is 21.6. The standard InChI is InChI=1S/C20H40O2/c1-4-6-8-10-12-14-16-20(22)17-19(18(3)21)15-13-11-9-7-5-2/h18-19,21H,4-17H2,1-3H3. The Kier molecular flexibility index (Phi) is 15.3. The van der Waals surface area contributed by atoms with Gasteiger partial charge in [0.2, 0.25) is 0 Å². The second-order valence-corrected chi connectivity index (χ2v) is 6.96. The topological polar surface area (TPSA) is 37.3 Å². The highest BCUT2D eigenvalue weighted by Gasteiger charge is 2.18. The van der Waals surface area contributed by atoms with Gasteiger partial charge in [-0.05, 0) is 25.7 Å². The van der Waals surface area contributed by atoms with Gasteiger partial charge in [-0.2, -0.15) is 0 Å². The van der Waals surface area contributed by atoms with Gasteiger partial charge in [0.05, 0.1) is 6.10 Å². The molecule has 0 aliphatic carbocycles. The van der Waals surface area contributed by atoms with Gasteiger partial charge in [-0.3, -0.25) is 4.79 Å². The molecule has 0 aliphatic heterocycles. The van der Waals surface area contributed by atoms with E-state index in [1.54, 1.807) is 0 Å². The lowest BCUT2D eigenvalue weighted by molar-refractivity contribution is -0.121. The average molecular weight is 313 g/mol. The Morgan fingerprint density at radius 2 is 1.32 bits per heavy atom. The summed E-state index contributed by atoms with van der Waals surface area (Å²) < 4.78 is 0. The summed E-state index contributed by atoms with van der Waals surface area (Å²) in [6.07, 6.45) is 15.6. The van der Waals surface area contributed by atoms with E-state index in [9.17, 15) is 9.90 Å². The van der Waals surface area contributed by atoms with Gasteiger partial charge >= 0.3 is 0 Å². The van der Waals surface area contributed by atoms with Crippen LogP contribution in [0.25, 0.3) is 0 Å². The maximum Gasteiger partial charge on any atom is 0.133 e. The minimum absolute atomic E-state index is 0.175. The summed E-state index contributed by atoms with van der Waals surface area (Å²) in [5.41, 5.74) is 0. The van der Waals surface area contributed by atoms with Crippen molar-refractivity contribution in [3.63, 3.8) is 0 Å². The first-order valence-corrected chi connectivity index (χ1v) is 9.81. The van der Waals surface area contributed by atoms with Crippen molar-refractivity contribution in [3.05, 3.63) is 0 Å². The van der Waals surface area contributed by atoms with E-state index in [1.165, 1.54) is 57.8 Å². The second-order valence-electron chi connectivity index (χ2n) is 6.96. The summed E-state index contributed by atoms with van der Waals surface area (Å²) in [5, 5.41) is 9.88. The number of Topliss-reactive ketones (excluding diaryl/α,β-unsaturated/α-hetero) is 1. The highest BCUT2D eigenvalue weighted by atomic mass is 16.3. The van der Waals surface area contributed by atoms with E-state index >= 15 is 0 Å². The van der Waals surface area contributed by atoms with Crippen molar-refractivity contribution in [2.75, 3.05) is 0 Å². The summed E-state index contributed by atoms with van der Waals surface area (Å²) >= 11 is 0. The van der Waals surface area contributed by atoms with E-state index in [1.807, 2.05) is 6.92 Å². The van der Waals surface area contributed by atoms with Crippen LogP contribution in [0.3, 0.4) is 0 Å². The maximum atomic E-state index is 12.1.